The van der Waals surface area contributed by atoms with Crippen molar-refractivity contribution < 1.29 is 0 Å². The molecule has 2 saturated carbocycles. The van der Waals surface area contributed by atoms with Crippen molar-refractivity contribution in [2.24, 2.45) is 11.8 Å². The van der Waals surface area contributed by atoms with Crippen LogP contribution in [0.5, 0.6) is 0 Å². The highest BCUT2D eigenvalue weighted by molar-refractivity contribution is 9.10. The largest absolute Gasteiger partial charge is 0.0883 e. The fourth-order valence-corrected chi connectivity index (χ4v) is 6.68. The summed E-state index contributed by atoms with van der Waals surface area (Å²) in [5.74, 6) is 1.55. The Morgan fingerprint density at radius 1 is 1.07 bits per heavy atom. The molecule has 2 bridgehead atoms. The van der Waals surface area contributed by atoms with Crippen molar-refractivity contribution in [2.75, 3.05) is 0 Å². The van der Waals surface area contributed by atoms with Crippen molar-refractivity contribution >= 4 is 31.9 Å². The molecule has 0 aromatic heterocycles. The van der Waals surface area contributed by atoms with Gasteiger partial charge in [-0.1, -0.05) is 68.6 Å². The third-order valence-corrected chi connectivity index (χ3v) is 7.00. The van der Waals surface area contributed by atoms with Gasteiger partial charge in [-0.25, -0.2) is 0 Å². The fraction of sp³-hybridized carbons (Fsp3) is 0.538. The van der Waals surface area contributed by atoms with Crippen molar-refractivity contribution in [3.63, 3.8) is 0 Å². The lowest BCUT2D eigenvalue weighted by molar-refractivity contribution is 0.0658. The monoisotopic (exact) mass is 328 g/mol. The molecule has 0 radical (unpaired) electrons. The molecule has 1 aromatic carbocycles. The van der Waals surface area contributed by atoms with E-state index in [1.54, 1.807) is 0 Å². The summed E-state index contributed by atoms with van der Waals surface area (Å²) in [6, 6.07) is 10.9. The number of alkyl halides is 2. The molecule has 2 heteroatoms. The van der Waals surface area contributed by atoms with Crippen LogP contribution in [0.2, 0.25) is 0 Å². The average molecular weight is 330 g/mol. The molecule has 3 rings (SSSR count). The first-order valence-electron chi connectivity index (χ1n) is 5.63. The van der Waals surface area contributed by atoms with Gasteiger partial charge in [-0.05, 0) is 30.2 Å². The van der Waals surface area contributed by atoms with Crippen LogP contribution in [0.15, 0.2) is 30.3 Å². The van der Waals surface area contributed by atoms with Gasteiger partial charge in [-0.15, -0.1) is 0 Å². The molecule has 80 valence electrons. The van der Waals surface area contributed by atoms with E-state index >= 15 is 0 Å². The van der Waals surface area contributed by atoms with Crippen LogP contribution in [0.4, 0.5) is 0 Å². The second-order valence-electron chi connectivity index (χ2n) is 4.72. The molecule has 2 unspecified atom stereocenters. The first-order chi connectivity index (χ1) is 7.24. The number of rotatable bonds is 1. The summed E-state index contributed by atoms with van der Waals surface area (Å²) in [5, 5.41) is 0. The lowest BCUT2D eigenvalue weighted by Crippen LogP contribution is -2.59. The molecule has 15 heavy (non-hydrogen) atoms. The van der Waals surface area contributed by atoms with Crippen molar-refractivity contribution in [3.05, 3.63) is 35.9 Å². The summed E-state index contributed by atoms with van der Waals surface area (Å²) in [6.45, 7) is 0. The Hall–Kier alpha value is 0.180. The van der Waals surface area contributed by atoms with Gasteiger partial charge in [0.2, 0.25) is 0 Å². The third kappa shape index (κ3) is 1.30. The second-order valence-corrected chi connectivity index (χ2v) is 7.09. The Balaban J connectivity index is 1.99. The van der Waals surface area contributed by atoms with Gasteiger partial charge in [-0.2, -0.15) is 0 Å². The Kier molecular flexibility index (Phi) is 2.48. The minimum atomic E-state index is 0.265. The maximum atomic E-state index is 4.03. The highest BCUT2D eigenvalue weighted by Crippen LogP contribution is 2.66. The molecule has 0 saturated heterocycles. The molecule has 4 atom stereocenters. The van der Waals surface area contributed by atoms with Crippen molar-refractivity contribution in [2.45, 2.75) is 28.4 Å². The number of hydrogen-bond acceptors (Lipinski definition) is 0. The fourth-order valence-electron chi connectivity index (χ4n) is 3.32. The summed E-state index contributed by atoms with van der Waals surface area (Å²) in [5.41, 5.74) is 1.47. The van der Waals surface area contributed by atoms with Crippen molar-refractivity contribution in [3.8, 4) is 0 Å². The molecule has 0 amide bonds. The van der Waals surface area contributed by atoms with E-state index in [1.807, 2.05) is 0 Å². The quantitative estimate of drug-likeness (QED) is 0.667. The van der Waals surface area contributed by atoms with Crippen LogP contribution in [0, 0.1) is 11.8 Å². The summed E-state index contributed by atoms with van der Waals surface area (Å²) >= 11 is 7.88. The molecule has 1 aromatic rings. The summed E-state index contributed by atoms with van der Waals surface area (Å²) < 4.78 is 0.265. The maximum Gasteiger partial charge on any atom is 0.0583 e. The molecular weight excluding hydrogens is 316 g/mol. The Morgan fingerprint density at radius 2 is 1.67 bits per heavy atom. The van der Waals surface area contributed by atoms with Crippen LogP contribution in [-0.2, 0) is 4.32 Å². The van der Waals surface area contributed by atoms with E-state index in [9.17, 15) is 0 Å². The average Bonchev–Trinajstić information content (AvgIpc) is 2.31. The van der Waals surface area contributed by atoms with E-state index in [-0.39, 0.29) is 4.32 Å². The maximum absolute atomic E-state index is 4.03. The minimum absolute atomic E-state index is 0.265. The molecule has 2 aliphatic rings. The predicted molar refractivity (Wildman–Crippen MR) is 70.6 cm³/mol. The van der Waals surface area contributed by atoms with Gasteiger partial charge in [-0.3, -0.25) is 0 Å². The van der Waals surface area contributed by atoms with Gasteiger partial charge in [0.1, 0.15) is 0 Å². The molecule has 2 aliphatic carbocycles. The molecule has 2 fully saturated rings. The van der Waals surface area contributed by atoms with E-state index in [0.717, 1.165) is 16.7 Å². The zero-order valence-corrected chi connectivity index (χ0v) is 11.7. The van der Waals surface area contributed by atoms with Gasteiger partial charge < -0.3 is 0 Å². The topological polar surface area (TPSA) is 0 Å². The smallest absolute Gasteiger partial charge is 0.0583 e. The molecular formula is C13H14Br2. The zero-order valence-electron chi connectivity index (χ0n) is 8.50. The number of benzene rings is 1. The van der Waals surface area contributed by atoms with Crippen molar-refractivity contribution in [1.29, 1.82) is 0 Å². The lowest BCUT2D eigenvalue weighted by atomic mass is 9.55. The van der Waals surface area contributed by atoms with Gasteiger partial charge >= 0.3 is 0 Å². The summed E-state index contributed by atoms with van der Waals surface area (Å²) in [7, 11) is 0. The van der Waals surface area contributed by atoms with E-state index < -0.39 is 0 Å². The summed E-state index contributed by atoms with van der Waals surface area (Å²) in [6.07, 6.45) is 4.11. The Bertz CT molecular complexity index is 348. The lowest BCUT2D eigenvalue weighted by Gasteiger charge is -2.60. The normalized spacial score (nSPS) is 43.5. The summed E-state index contributed by atoms with van der Waals surface area (Å²) in [4.78, 5) is 0.728. The van der Waals surface area contributed by atoms with E-state index in [1.165, 1.54) is 24.8 Å². The molecule has 0 N–H and O–H groups in total. The second kappa shape index (κ2) is 3.59. The van der Waals surface area contributed by atoms with Gasteiger partial charge in [0, 0.05) is 4.83 Å². The van der Waals surface area contributed by atoms with Crippen LogP contribution in [0.25, 0.3) is 0 Å². The minimum Gasteiger partial charge on any atom is -0.0883 e. The van der Waals surface area contributed by atoms with Crippen molar-refractivity contribution in [1.82, 2.24) is 0 Å². The molecule has 0 heterocycles. The zero-order chi connectivity index (χ0) is 10.5. The molecule has 0 spiro atoms. The number of halogens is 2. The third-order valence-electron chi connectivity index (χ3n) is 4.09. The first-order valence-corrected chi connectivity index (χ1v) is 7.34. The standard InChI is InChI=1S/C13H14Br2/c14-12-10-7-4-8-11(12)13(10,15)9-5-2-1-3-6-9/h1-3,5-6,10-12H,4,7-8H2/t10-,11+,12?,13?. The van der Waals surface area contributed by atoms with Crippen LogP contribution < -0.4 is 0 Å². The molecule has 0 aliphatic heterocycles. The van der Waals surface area contributed by atoms with E-state index in [4.69, 9.17) is 0 Å². The SMILES string of the molecule is BrC1[C@H]2CCC[C@@H]1C2(Br)c1ccccc1. The number of fused-ring (bicyclic) bond motifs is 2. The van der Waals surface area contributed by atoms with Crippen LogP contribution in [-0.4, -0.2) is 4.83 Å². The van der Waals surface area contributed by atoms with Crippen LogP contribution in [0.1, 0.15) is 24.8 Å². The number of hydrogen-bond donors (Lipinski definition) is 0. The predicted octanol–water partition coefficient (Wildman–Crippen LogP) is 4.47. The van der Waals surface area contributed by atoms with Crippen LogP contribution >= 0.6 is 31.9 Å². The van der Waals surface area contributed by atoms with Gasteiger partial charge in [0.05, 0.1) is 4.32 Å². The Morgan fingerprint density at radius 3 is 2.20 bits per heavy atom. The van der Waals surface area contributed by atoms with E-state index in [0.29, 0.717) is 0 Å². The van der Waals surface area contributed by atoms with Gasteiger partial charge in [0.25, 0.3) is 0 Å². The van der Waals surface area contributed by atoms with Gasteiger partial charge in [0.15, 0.2) is 0 Å². The highest BCUT2D eigenvalue weighted by atomic mass is 79.9. The first kappa shape index (κ1) is 10.3. The highest BCUT2D eigenvalue weighted by Gasteiger charge is 2.61. The molecule has 0 nitrogen and oxygen atoms in total. The van der Waals surface area contributed by atoms with E-state index in [2.05, 4.69) is 62.2 Å². The van der Waals surface area contributed by atoms with Crippen LogP contribution in [0.3, 0.4) is 0 Å². The Labute approximate surface area is 108 Å².